The summed E-state index contributed by atoms with van der Waals surface area (Å²) in [7, 11) is 0. The van der Waals surface area contributed by atoms with Crippen LogP contribution in [0.1, 0.15) is 10.4 Å². The number of benzene rings is 1. The Labute approximate surface area is 106 Å². The van der Waals surface area contributed by atoms with Crippen LogP contribution < -0.4 is 0 Å². The molecule has 2 rings (SSSR count). The minimum Gasteiger partial charge on any atom is -0.478 e. The van der Waals surface area contributed by atoms with Crippen molar-refractivity contribution in [2.45, 2.75) is 0 Å². The predicted octanol–water partition coefficient (Wildman–Crippen LogP) is 4.42. The third-order valence-electron chi connectivity index (χ3n) is 2.05. The van der Waals surface area contributed by atoms with Gasteiger partial charge in [0.25, 0.3) is 0 Å². The molecule has 0 aliphatic rings. The maximum atomic E-state index is 11.0. The van der Waals surface area contributed by atoms with Gasteiger partial charge in [0.05, 0.1) is 9.90 Å². The number of carbonyl (C=O) groups is 1. The van der Waals surface area contributed by atoms with Crippen molar-refractivity contribution in [1.29, 1.82) is 0 Å². The van der Waals surface area contributed by atoms with Gasteiger partial charge in [-0.2, -0.15) is 0 Å². The average molecular weight is 273 g/mol. The van der Waals surface area contributed by atoms with Gasteiger partial charge in [0.15, 0.2) is 0 Å². The molecule has 5 heteroatoms. The standard InChI is InChI=1S/C11H6Cl2O2S/c12-6-1-2-7(11(14)15)8(5-6)9-3-4-10(13)16-9/h1-5H,(H,14,15). The summed E-state index contributed by atoms with van der Waals surface area (Å²) in [5.41, 5.74) is 0.819. The highest BCUT2D eigenvalue weighted by atomic mass is 35.5. The zero-order valence-electron chi connectivity index (χ0n) is 7.91. The Balaban J connectivity index is 2.62. The van der Waals surface area contributed by atoms with E-state index in [0.717, 1.165) is 4.88 Å². The molecule has 82 valence electrons. The summed E-state index contributed by atoms with van der Waals surface area (Å²) in [5.74, 6) is -0.976. The number of hydrogen-bond donors (Lipinski definition) is 1. The lowest BCUT2D eigenvalue weighted by molar-refractivity contribution is 0.0698. The van der Waals surface area contributed by atoms with E-state index in [-0.39, 0.29) is 5.56 Å². The molecular formula is C11H6Cl2O2S. The van der Waals surface area contributed by atoms with Crippen LogP contribution in [-0.4, -0.2) is 11.1 Å². The van der Waals surface area contributed by atoms with Crippen LogP contribution in [0.2, 0.25) is 9.36 Å². The molecule has 0 radical (unpaired) electrons. The van der Waals surface area contributed by atoms with E-state index in [0.29, 0.717) is 14.9 Å². The first-order valence-electron chi connectivity index (χ1n) is 4.36. The highest BCUT2D eigenvalue weighted by Gasteiger charge is 2.13. The van der Waals surface area contributed by atoms with Gasteiger partial charge in [-0.25, -0.2) is 4.79 Å². The maximum absolute atomic E-state index is 11.0. The Kier molecular flexibility index (Phi) is 3.19. The largest absolute Gasteiger partial charge is 0.478 e. The third-order valence-corrected chi connectivity index (χ3v) is 3.55. The molecule has 0 unspecified atom stereocenters. The second-order valence-electron chi connectivity index (χ2n) is 3.10. The molecule has 16 heavy (non-hydrogen) atoms. The first-order chi connectivity index (χ1) is 7.58. The molecule has 0 saturated carbocycles. The number of halogens is 2. The molecule has 2 nitrogen and oxygen atoms in total. The molecule has 0 spiro atoms. The molecular weight excluding hydrogens is 267 g/mol. The summed E-state index contributed by atoms with van der Waals surface area (Å²) >= 11 is 13.0. The molecule has 0 aliphatic carbocycles. The van der Waals surface area contributed by atoms with Crippen LogP contribution in [0, 0.1) is 0 Å². The quantitative estimate of drug-likeness (QED) is 0.879. The molecule has 0 aliphatic heterocycles. The Morgan fingerprint density at radius 2 is 1.94 bits per heavy atom. The van der Waals surface area contributed by atoms with Gasteiger partial charge in [-0.3, -0.25) is 0 Å². The van der Waals surface area contributed by atoms with Crippen molar-refractivity contribution in [1.82, 2.24) is 0 Å². The smallest absolute Gasteiger partial charge is 0.336 e. The van der Waals surface area contributed by atoms with E-state index in [1.807, 2.05) is 0 Å². The second kappa shape index (κ2) is 4.45. The molecule has 0 amide bonds. The molecule has 0 fully saturated rings. The Morgan fingerprint density at radius 3 is 2.50 bits per heavy atom. The van der Waals surface area contributed by atoms with Crippen molar-refractivity contribution in [3.05, 3.63) is 45.3 Å². The average Bonchev–Trinajstić information content (AvgIpc) is 2.64. The van der Waals surface area contributed by atoms with E-state index in [1.54, 1.807) is 24.3 Å². The third kappa shape index (κ3) is 2.21. The van der Waals surface area contributed by atoms with Gasteiger partial charge in [-0.15, -0.1) is 11.3 Å². The maximum Gasteiger partial charge on any atom is 0.336 e. The Bertz CT molecular complexity index is 549. The van der Waals surface area contributed by atoms with Crippen LogP contribution in [-0.2, 0) is 0 Å². The number of hydrogen-bond acceptors (Lipinski definition) is 2. The summed E-state index contributed by atoms with van der Waals surface area (Å²) < 4.78 is 0.617. The van der Waals surface area contributed by atoms with Crippen LogP contribution in [0.3, 0.4) is 0 Å². The number of aromatic carboxylic acids is 1. The molecule has 1 aromatic heterocycles. The molecule has 0 bridgehead atoms. The van der Waals surface area contributed by atoms with Crippen LogP contribution in [0.15, 0.2) is 30.3 Å². The molecule has 1 N–H and O–H groups in total. The molecule has 1 heterocycles. The van der Waals surface area contributed by atoms with E-state index in [2.05, 4.69) is 0 Å². The van der Waals surface area contributed by atoms with Gasteiger partial charge in [-0.05, 0) is 30.3 Å². The van der Waals surface area contributed by atoms with Gasteiger partial charge in [-0.1, -0.05) is 23.2 Å². The van der Waals surface area contributed by atoms with E-state index >= 15 is 0 Å². The number of carboxylic acid groups (broad SMARTS) is 1. The van der Waals surface area contributed by atoms with Crippen LogP contribution >= 0.6 is 34.5 Å². The number of rotatable bonds is 2. The first kappa shape index (κ1) is 11.5. The topological polar surface area (TPSA) is 37.3 Å². The van der Waals surface area contributed by atoms with Crippen LogP contribution in [0.25, 0.3) is 10.4 Å². The van der Waals surface area contributed by atoms with Gasteiger partial charge in [0.2, 0.25) is 0 Å². The van der Waals surface area contributed by atoms with E-state index in [4.69, 9.17) is 28.3 Å². The Hall–Kier alpha value is -1.03. The highest BCUT2D eigenvalue weighted by molar-refractivity contribution is 7.19. The highest BCUT2D eigenvalue weighted by Crippen LogP contribution is 2.34. The van der Waals surface area contributed by atoms with Gasteiger partial charge in [0.1, 0.15) is 0 Å². The van der Waals surface area contributed by atoms with Crippen molar-refractivity contribution >= 4 is 40.5 Å². The normalized spacial score (nSPS) is 10.4. The summed E-state index contributed by atoms with van der Waals surface area (Å²) in [6.07, 6.45) is 0. The summed E-state index contributed by atoms with van der Waals surface area (Å²) in [4.78, 5) is 11.8. The van der Waals surface area contributed by atoms with Gasteiger partial charge in [0, 0.05) is 15.5 Å². The lowest BCUT2D eigenvalue weighted by Gasteiger charge is -2.03. The van der Waals surface area contributed by atoms with Crippen molar-refractivity contribution in [3.8, 4) is 10.4 Å². The molecule has 2 aromatic rings. The monoisotopic (exact) mass is 272 g/mol. The lowest BCUT2D eigenvalue weighted by Crippen LogP contribution is -1.98. The number of thiophene rings is 1. The fourth-order valence-electron chi connectivity index (χ4n) is 1.37. The van der Waals surface area contributed by atoms with Crippen molar-refractivity contribution in [2.75, 3.05) is 0 Å². The second-order valence-corrected chi connectivity index (χ2v) is 5.25. The fourth-order valence-corrected chi connectivity index (χ4v) is 2.61. The van der Waals surface area contributed by atoms with Crippen LogP contribution in [0.5, 0.6) is 0 Å². The lowest BCUT2D eigenvalue weighted by atomic mass is 10.1. The fraction of sp³-hybridized carbons (Fsp3) is 0. The zero-order valence-corrected chi connectivity index (χ0v) is 10.2. The minimum absolute atomic E-state index is 0.225. The first-order valence-corrected chi connectivity index (χ1v) is 5.94. The van der Waals surface area contributed by atoms with E-state index in [9.17, 15) is 4.79 Å². The van der Waals surface area contributed by atoms with E-state index in [1.165, 1.54) is 17.4 Å². The Morgan fingerprint density at radius 1 is 1.19 bits per heavy atom. The van der Waals surface area contributed by atoms with E-state index < -0.39 is 5.97 Å². The molecule has 0 saturated heterocycles. The van der Waals surface area contributed by atoms with Gasteiger partial charge >= 0.3 is 5.97 Å². The van der Waals surface area contributed by atoms with Crippen LogP contribution in [0.4, 0.5) is 0 Å². The predicted molar refractivity (Wildman–Crippen MR) is 66.7 cm³/mol. The van der Waals surface area contributed by atoms with Crippen molar-refractivity contribution < 1.29 is 9.90 Å². The van der Waals surface area contributed by atoms with Crippen molar-refractivity contribution in [3.63, 3.8) is 0 Å². The zero-order chi connectivity index (χ0) is 11.7. The van der Waals surface area contributed by atoms with Gasteiger partial charge < -0.3 is 5.11 Å². The summed E-state index contributed by atoms with van der Waals surface area (Å²) in [6, 6.07) is 8.20. The minimum atomic E-state index is -0.976. The summed E-state index contributed by atoms with van der Waals surface area (Å²) in [6.45, 7) is 0. The summed E-state index contributed by atoms with van der Waals surface area (Å²) in [5, 5.41) is 9.56. The molecule has 1 aromatic carbocycles. The van der Waals surface area contributed by atoms with Crippen molar-refractivity contribution in [2.24, 2.45) is 0 Å². The SMILES string of the molecule is O=C(O)c1ccc(Cl)cc1-c1ccc(Cl)s1. The molecule has 0 atom stereocenters. The number of carboxylic acids is 1.